The second-order valence-corrected chi connectivity index (χ2v) is 5.55. The van der Waals surface area contributed by atoms with E-state index in [1.54, 1.807) is 29.5 Å². The highest BCUT2D eigenvalue weighted by Crippen LogP contribution is 2.11. The molecule has 0 aliphatic carbocycles. The first-order chi connectivity index (χ1) is 9.15. The number of aromatic nitrogens is 1. The van der Waals surface area contributed by atoms with Gasteiger partial charge in [-0.3, -0.25) is 4.79 Å². The zero-order valence-corrected chi connectivity index (χ0v) is 11.5. The van der Waals surface area contributed by atoms with Gasteiger partial charge in [0.05, 0.1) is 11.4 Å². The van der Waals surface area contributed by atoms with Gasteiger partial charge in [0.15, 0.2) is 0 Å². The number of nitrogens with zero attached hydrogens (tertiary/aromatic N) is 1. The van der Waals surface area contributed by atoms with Crippen molar-refractivity contribution in [2.24, 2.45) is 0 Å². The molecule has 0 bridgehead atoms. The predicted octanol–water partition coefficient (Wildman–Crippen LogP) is 2.49. The third-order valence-corrected chi connectivity index (χ3v) is 3.61. The molecule has 1 heterocycles. The topological polar surface area (TPSA) is 42.0 Å². The van der Waals surface area contributed by atoms with Crippen molar-refractivity contribution in [3.8, 4) is 0 Å². The molecule has 0 aliphatic heterocycles. The fourth-order valence-electron chi connectivity index (χ4n) is 1.70. The maximum Gasteiger partial charge on any atom is 0.224 e. The Kier molecular flexibility index (Phi) is 4.63. The molecule has 1 N–H and O–H groups in total. The predicted molar refractivity (Wildman–Crippen MR) is 73.7 cm³/mol. The molecule has 0 fully saturated rings. The summed E-state index contributed by atoms with van der Waals surface area (Å²) in [6, 6.07) is 6.33. The van der Waals surface area contributed by atoms with Crippen LogP contribution < -0.4 is 5.32 Å². The van der Waals surface area contributed by atoms with Crippen molar-refractivity contribution in [3.05, 3.63) is 51.7 Å². The van der Waals surface area contributed by atoms with Crippen LogP contribution in [-0.2, 0) is 17.6 Å². The van der Waals surface area contributed by atoms with Gasteiger partial charge in [0, 0.05) is 24.0 Å². The van der Waals surface area contributed by atoms with Crippen LogP contribution in [0, 0.1) is 12.7 Å². The van der Waals surface area contributed by atoms with Crippen molar-refractivity contribution in [1.82, 2.24) is 10.3 Å². The summed E-state index contributed by atoms with van der Waals surface area (Å²) in [5, 5.41) is 3.78. The van der Waals surface area contributed by atoms with Gasteiger partial charge < -0.3 is 5.32 Å². The maximum atomic E-state index is 13.4. The Labute approximate surface area is 115 Å². The fourth-order valence-corrected chi connectivity index (χ4v) is 2.49. The van der Waals surface area contributed by atoms with Crippen LogP contribution in [0.15, 0.2) is 30.5 Å². The zero-order chi connectivity index (χ0) is 13.7. The second-order valence-electron chi connectivity index (χ2n) is 4.23. The van der Waals surface area contributed by atoms with E-state index >= 15 is 0 Å². The van der Waals surface area contributed by atoms with Crippen molar-refractivity contribution in [3.63, 3.8) is 0 Å². The zero-order valence-electron chi connectivity index (χ0n) is 10.6. The van der Waals surface area contributed by atoms with E-state index in [-0.39, 0.29) is 18.1 Å². The van der Waals surface area contributed by atoms with Crippen LogP contribution in [0.5, 0.6) is 0 Å². The van der Waals surface area contributed by atoms with Gasteiger partial charge in [-0.25, -0.2) is 9.37 Å². The number of nitrogens with one attached hydrogen (secondary N) is 1. The third kappa shape index (κ3) is 4.13. The van der Waals surface area contributed by atoms with Crippen LogP contribution in [0.3, 0.4) is 0 Å². The maximum absolute atomic E-state index is 13.4. The van der Waals surface area contributed by atoms with Crippen molar-refractivity contribution < 1.29 is 9.18 Å². The van der Waals surface area contributed by atoms with E-state index < -0.39 is 0 Å². The van der Waals surface area contributed by atoms with Crippen LogP contribution in [-0.4, -0.2) is 17.4 Å². The highest BCUT2D eigenvalue weighted by Gasteiger charge is 2.07. The summed E-state index contributed by atoms with van der Waals surface area (Å²) >= 11 is 1.62. The van der Waals surface area contributed by atoms with E-state index in [4.69, 9.17) is 0 Å². The molecule has 0 spiro atoms. The van der Waals surface area contributed by atoms with Crippen molar-refractivity contribution in [2.45, 2.75) is 19.8 Å². The quantitative estimate of drug-likeness (QED) is 0.913. The van der Waals surface area contributed by atoms with E-state index in [2.05, 4.69) is 10.3 Å². The van der Waals surface area contributed by atoms with Gasteiger partial charge in [0.2, 0.25) is 5.91 Å². The van der Waals surface area contributed by atoms with Gasteiger partial charge in [-0.05, 0) is 18.6 Å². The van der Waals surface area contributed by atoms with Gasteiger partial charge in [-0.15, -0.1) is 11.3 Å². The number of halogens is 1. The Hall–Kier alpha value is -1.75. The molecule has 100 valence electrons. The summed E-state index contributed by atoms with van der Waals surface area (Å²) in [4.78, 5) is 17.0. The van der Waals surface area contributed by atoms with E-state index in [9.17, 15) is 9.18 Å². The third-order valence-electron chi connectivity index (χ3n) is 2.64. The molecule has 0 radical (unpaired) electrons. The number of carbonyl (C=O) groups is 1. The summed E-state index contributed by atoms with van der Waals surface area (Å²) in [5.41, 5.74) is 0.421. The van der Waals surface area contributed by atoms with Crippen molar-refractivity contribution >= 4 is 17.2 Å². The van der Waals surface area contributed by atoms with E-state index in [0.717, 1.165) is 9.88 Å². The highest BCUT2D eigenvalue weighted by atomic mass is 32.1. The fraction of sp³-hybridized carbons (Fsp3) is 0.286. The lowest BCUT2D eigenvalue weighted by molar-refractivity contribution is -0.120. The van der Waals surface area contributed by atoms with E-state index in [1.165, 1.54) is 6.07 Å². The molecule has 1 aromatic carbocycles. The number of amides is 1. The molecule has 1 aromatic heterocycles. The van der Waals surface area contributed by atoms with Crippen LogP contribution in [0.4, 0.5) is 4.39 Å². The molecule has 2 aromatic rings. The molecule has 0 atom stereocenters. The molecule has 1 amide bonds. The Morgan fingerprint density at radius 3 is 2.89 bits per heavy atom. The molecule has 19 heavy (non-hydrogen) atoms. The summed E-state index contributed by atoms with van der Waals surface area (Å²) in [7, 11) is 0. The summed E-state index contributed by atoms with van der Waals surface area (Å²) in [5.74, 6) is -0.508. The molecule has 0 aliphatic rings. The second kappa shape index (κ2) is 6.43. The van der Waals surface area contributed by atoms with Crippen LogP contribution >= 0.6 is 11.3 Å². The average molecular weight is 278 g/mol. The Bertz CT molecular complexity index is 568. The monoisotopic (exact) mass is 278 g/mol. The Morgan fingerprint density at radius 2 is 2.21 bits per heavy atom. The summed E-state index contributed by atoms with van der Waals surface area (Å²) < 4.78 is 13.4. The minimum Gasteiger partial charge on any atom is -0.355 e. The SMILES string of the molecule is Cc1cnc(CCNC(=O)Cc2ccccc2F)s1. The molecular weight excluding hydrogens is 263 g/mol. The highest BCUT2D eigenvalue weighted by molar-refractivity contribution is 7.11. The molecule has 5 heteroatoms. The number of carbonyl (C=O) groups excluding carboxylic acids is 1. The smallest absolute Gasteiger partial charge is 0.224 e. The van der Waals surface area contributed by atoms with Crippen LogP contribution in [0.2, 0.25) is 0 Å². The number of benzene rings is 1. The van der Waals surface area contributed by atoms with Crippen LogP contribution in [0.1, 0.15) is 15.4 Å². The van der Waals surface area contributed by atoms with Gasteiger partial charge in [0.25, 0.3) is 0 Å². The Balaban J connectivity index is 1.77. The van der Waals surface area contributed by atoms with Crippen molar-refractivity contribution in [2.75, 3.05) is 6.54 Å². The van der Waals surface area contributed by atoms with E-state index in [0.29, 0.717) is 18.5 Å². The molecule has 0 unspecified atom stereocenters. The van der Waals surface area contributed by atoms with Gasteiger partial charge in [-0.2, -0.15) is 0 Å². The van der Waals surface area contributed by atoms with Crippen LogP contribution in [0.25, 0.3) is 0 Å². The first kappa shape index (κ1) is 13.7. The average Bonchev–Trinajstić information content (AvgIpc) is 2.78. The number of hydrogen-bond acceptors (Lipinski definition) is 3. The normalized spacial score (nSPS) is 10.4. The minimum absolute atomic E-state index is 0.0730. The molecule has 2 rings (SSSR count). The van der Waals surface area contributed by atoms with Gasteiger partial charge in [0.1, 0.15) is 5.82 Å². The first-order valence-corrected chi connectivity index (χ1v) is 6.88. The number of hydrogen-bond donors (Lipinski definition) is 1. The largest absolute Gasteiger partial charge is 0.355 e. The van der Waals surface area contributed by atoms with Gasteiger partial charge >= 0.3 is 0 Å². The first-order valence-electron chi connectivity index (χ1n) is 6.06. The summed E-state index contributed by atoms with van der Waals surface area (Å²) in [6.45, 7) is 2.53. The molecule has 0 saturated carbocycles. The lowest BCUT2D eigenvalue weighted by atomic mass is 10.1. The number of aryl methyl sites for hydroxylation is 1. The Morgan fingerprint density at radius 1 is 1.42 bits per heavy atom. The molecule has 0 saturated heterocycles. The van der Waals surface area contributed by atoms with Gasteiger partial charge in [-0.1, -0.05) is 18.2 Å². The molecular formula is C14H15FN2OS. The standard InChI is InChI=1S/C14H15FN2OS/c1-10-9-17-14(19-10)6-7-16-13(18)8-11-4-2-3-5-12(11)15/h2-5,9H,6-8H2,1H3,(H,16,18). The molecule has 3 nitrogen and oxygen atoms in total. The van der Waals surface area contributed by atoms with E-state index in [1.807, 2.05) is 13.1 Å². The number of thiazole rings is 1. The summed E-state index contributed by atoms with van der Waals surface area (Å²) in [6.07, 6.45) is 2.60. The van der Waals surface area contributed by atoms with Crippen molar-refractivity contribution in [1.29, 1.82) is 0 Å². The minimum atomic E-state index is -0.340. The lowest BCUT2D eigenvalue weighted by Gasteiger charge is -2.04. The lowest BCUT2D eigenvalue weighted by Crippen LogP contribution is -2.27. The number of rotatable bonds is 5.